The second kappa shape index (κ2) is 10.4. The van der Waals surface area contributed by atoms with Crippen LogP contribution in [0.2, 0.25) is 5.02 Å². The van der Waals surface area contributed by atoms with Crippen molar-refractivity contribution in [2.45, 2.75) is 45.1 Å². The first-order chi connectivity index (χ1) is 16.4. The molecular formula is C25H30ClN5O3. The number of urea groups is 1. The number of carbonyl (C=O) groups is 3. The molecule has 1 N–H and O–H groups in total. The molecule has 0 spiro atoms. The number of hydrogen-bond acceptors (Lipinski definition) is 4. The van der Waals surface area contributed by atoms with Crippen LogP contribution in [0.25, 0.3) is 0 Å². The molecule has 2 saturated heterocycles. The molecule has 2 fully saturated rings. The van der Waals surface area contributed by atoms with Crippen LogP contribution in [0.5, 0.6) is 0 Å². The predicted octanol–water partition coefficient (Wildman–Crippen LogP) is 3.08. The summed E-state index contributed by atoms with van der Waals surface area (Å²) in [7, 11) is 1.72. The fourth-order valence-electron chi connectivity index (χ4n) is 4.68. The maximum atomic E-state index is 13.5. The highest BCUT2D eigenvalue weighted by Crippen LogP contribution is 2.29. The molecular weight excluding hydrogens is 454 g/mol. The molecule has 2 heterocycles. The van der Waals surface area contributed by atoms with E-state index in [0.29, 0.717) is 24.5 Å². The van der Waals surface area contributed by atoms with E-state index < -0.39 is 12.2 Å². The van der Waals surface area contributed by atoms with Crippen LogP contribution in [-0.4, -0.2) is 70.0 Å². The van der Waals surface area contributed by atoms with Crippen molar-refractivity contribution in [3.05, 3.63) is 70.7 Å². The third-order valence-corrected chi connectivity index (χ3v) is 6.68. The van der Waals surface area contributed by atoms with Crippen LogP contribution >= 0.6 is 11.6 Å². The van der Waals surface area contributed by atoms with E-state index in [-0.39, 0.29) is 30.9 Å². The molecule has 4 amide bonds. The van der Waals surface area contributed by atoms with Crippen LogP contribution in [0.15, 0.2) is 54.6 Å². The van der Waals surface area contributed by atoms with Crippen LogP contribution in [0.1, 0.15) is 30.9 Å². The number of carbonyl (C=O) groups excluding carboxylic acids is 3. The maximum Gasteiger partial charge on any atom is 0.334 e. The Morgan fingerprint density at radius 2 is 1.79 bits per heavy atom. The van der Waals surface area contributed by atoms with E-state index in [1.54, 1.807) is 32.9 Å². The number of nitrogens with zero attached hydrogens (tertiary/aromatic N) is 4. The van der Waals surface area contributed by atoms with Crippen molar-refractivity contribution in [3.8, 4) is 0 Å². The molecule has 0 aliphatic carbocycles. The predicted molar refractivity (Wildman–Crippen MR) is 129 cm³/mol. The van der Waals surface area contributed by atoms with Crippen molar-refractivity contribution in [1.82, 2.24) is 25.1 Å². The number of hydrogen-bond donors (Lipinski definition) is 1. The average molecular weight is 484 g/mol. The largest absolute Gasteiger partial charge is 0.334 e. The Morgan fingerprint density at radius 3 is 2.50 bits per heavy atom. The van der Waals surface area contributed by atoms with Gasteiger partial charge in [0.25, 0.3) is 0 Å². The first-order valence-corrected chi connectivity index (χ1v) is 11.9. The number of benzene rings is 2. The zero-order valence-corrected chi connectivity index (χ0v) is 20.2. The van der Waals surface area contributed by atoms with Gasteiger partial charge in [-0.2, -0.15) is 0 Å². The van der Waals surface area contributed by atoms with Gasteiger partial charge < -0.3 is 15.1 Å². The van der Waals surface area contributed by atoms with E-state index in [1.807, 2.05) is 55.5 Å². The molecule has 2 aromatic rings. The molecule has 180 valence electrons. The second-order valence-corrected chi connectivity index (χ2v) is 9.11. The lowest BCUT2D eigenvalue weighted by atomic mass is 10.0. The fraction of sp³-hybridized carbons (Fsp3) is 0.400. The SMILES string of the molecule is CCC[C@H]1C(=O)N(Cc2ccccc2Cl)CC2N1C(=O)CN(C)N2C(=O)NCc1ccccc1. The summed E-state index contributed by atoms with van der Waals surface area (Å²) in [6, 6.07) is 16.1. The van der Waals surface area contributed by atoms with Gasteiger partial charge in [0.2, 0.25) is 11.8 Å². The van der Waals surface area contributed by atoms with Gasteiger partial charge in [-0.25, -0.2) is 14.8 Å². The van der Waals surface area contributed by atoms with Gasteiger partial charge in [0, 0.05) is 25.2 Å². The summed E-state index contributed by atoms with van der Waals surface area (Å²) < 4.78 is 0. The lowest BCUT2D eigenvalue weighted by molar-refractivity contribution is -0.188. The lowest BCUT2D eigenvalue weighted by Crippen LogP contribution is -2.75. The second-order valence-electron chi connectivity index (χ2n) is 8.70. The molecule has 2 aliphatic rings. The molecule has 0 radical (unpaired) electrons. The Balaban J connectivity index is 1.60. The van der Waals surface area contributed by atoms with Crippen LogP contribution in [0, 0.1) is 0 Å². The molecule has 0 aromatic heterocycles. The summed E-state index contributed by atoms with van der Waals surface area (Å²) in [5.41, 5.74) is 1.81. The van der Waals surface area contributed by atoms with Gasteiger partial charge in [-0.3, -0.25) is 9.59 Å². The van der Waals surface area contributed by atoms with Crippen molar-refractivity contribution in [1.29, 1.82) is 0 Å². The lowest BCUT2D eigenvalue weighted by Gasteiger charge is -2.54. The van der Waals surface area contributed by atoms with E-state index in [2.05, 4.69) is 5.32 Å². The quantitative estimate of drug-likeness (QED) is 0.685. The average Bonchev–Trinajstić information content (AvgIpc) is 2.82. The summed E-state index contributed by atoms with van der Waals surface area (Å²) in [5, 5.41) is 6.75. The van der Waals surface area contributed by atoms with Crippen LogP contribution in [0.4, 0.5) is 4.79 Å². The molecule has 34 heavy (non-hydrogen) atoms. The van der Waals surface area contributed by atoms with Crippen molar-refractivity contribution in [2.75, 3.05) is 20.1 Å². The highest BCUT2D eigenvalue weighted by molar-refractivity contribution is 6.31. The van der Waals surface area contributed by atoms with Gasteiger partial charge in [0.05, 0.1) is 13.1 Å². The van der Waals surface area contributed by atoms with Crippen LogP contribution in [0.3, 0.4) is 0 Å². The Bertz CT molecular complexity index is 1050. The minimum atomic E-state index is -0.614. The minimum Gasteiger partial charge on any atom is -0.333 e. The summed E-state index contributed by atoms with van der Waals surface area (Å²) in [6.07, 6.45) is 0.672. The summed E-state index contributed by atoms with van der Waals surface area (Å²) in [5.74, 6) is -0.260. The van der Waals surface area contributed by atoms with Gasteiger partial charge in [-0.15, -0.1) is 0 Å². The Morgan fingerprint density at radius 1 is 1.09 bits per heavy atom. The molecule has 0 bridgehead atoms. The molecule has 0 saturated carbocycles. The first-order valence-electron chi connectivity index (χ1n) is 11.6. The van der Waals surface area contributed by atoms with Crippen molar-refractivity contribution in [3.63, 3.8) is 0 Å². The number of fused-ring (bicyclic) bond motifs is 1. The number of amides is 4. The molecule has 4 rings (SSSR count). The monoisotopic (exact) mass is 483 g/mol. The van der Waals surface area contributed by atoms with Gasteiger partial charge in [-0.05, 0) is 23.6 Å². The number of piperazine rings is 1. The highest BCUT2D eigenvalue weighted by atomic mass is 35.5. The van der Waals surface area contributed by atoms with E-state index in [0.717, 1.165) is 17.5 Å². The molecule has 2 aliphatic heterocycles. The van der Waals surface area contributed by atoms with E-state index >= 15 is 0 Å². The number of halogens is 1. The molecule has 1 unspecified atom stereocenters. The Labute approximate surface area is 205 Å². The normalized spacial score (nSPS) is 21.0. The standard InChI is InChI=1S/C25H30ClN5O3/c1-3-9-21-24(33)29(15-19-12-7-8-13-20(19)26)16-22-30(21)23(32)17-28(2)31(22)25(34)27-14-18-10-5-4-6-11-18/h4-8,10-13,21-22H,3,9,14-17H2,1-2H3,(H,27,34)/t21-,22?/m0/s1. The van der Waals surface area contributed by atoms with Crippen LogP contribution < -0.4 is 5.32 Å². The third-order valence-electron chi connectivity index (χ3n) is 6.32. The number of likely N-dealkylation sites (N-methyl/N-ethyl adjacent to an activating group) is 1. The van der Waals surface area contributed by atoms with Gasteiger partial charge in [0.15, 0.2) is 0 Å². The molecule has 8 nitrogen and oxygen atoms in total. The number of rotatable bonds is 6. The minimum absolute atomic E-state index is 0.0350. The van der Waals surface area contributed by atoms with Crippen LogP contribution in [-0.2, 0) is 22.7 Å². The van der Waals surface area contributed by atoms with Crippen molar-refractivity contribution >= 4 is 29.4 Å². The van der Waals surface area contributed by atoms with Crippen molar-refractivity contribution in [2.24, 2.45) is 0 Å². The number of nitrogens with one attached hydrogen (secondary N) is 1. The maximum absolute atomic E-state index is 13.5. The fourth-order valence-corrected chi connectivity index (χ4v) is 4.88. The summed E-state index contributed by atoms with van der Waals surface area (Å²) in [4.78, 5) is 43.2. The smallest absolute Gasteiger partial charge is 0.333 e. The highest BCUT2D eigenvalue weighted by Gasteiger charge is 2.50. The molecule has 2 aromatic carbocycles. The topological polar surface area (TPSA) is 76.2 Å². The number of hydrazine groups is 1. The van der Waals surface area contributed by atoms with E-state index in [4.69, 9.17) is 11.6 Å². The zero-order chi connectivity index (χ0) is 24.2. The molecule has 2 atom stereocenters. The van der Waals surface area contributed by atoms with Gasteiger partial charge >= 0.3 is 6.03 Å². The summed E-state index contributed by atoms with van der Waals surface area (Å²) in [6.45, 7) is 2.92. The Hall–Kier alpha value is -3.10. The van der Waals surface area contributed by atoms with Gasteiger partial charge in [0.1, 0.15) is 12.2 Å². The first kappa shape index (κ1) is 24.0. The van der Waals surface area contributed by atoms with Gasteiger partial charge in [-0.1, -0.05) is 73.5 Å². The Kier molecular flexibility index (Phi) is 7.38. The third kappa shape index (κ3) is 4.88. The molecule has 9 heteroatoms. The van der Waals surface area contributed by atoms with E-state index in [1.165, 1.54) is 0 Å². The van der Waals surface area contributed by atoms with Crippen molar-refractivity contribution < 1.29 is 14.4 Å². The van der Waals surface area contributed by atoms with E-state index in [9.17, 15) is 14.4 Å². The summed E-state index contributed by atoms with van der Waals surface area (Å²) >= 11 is 6.37. The zero-order valence-electron chi connectivity index (χ0n) is 19.5.